The van der Waals surface area contributed by atoms with Crippen LogP contribution in [-0.2, 0) is 11.2 Å². The molecule has 1 amide bonds. The second-order valence-corrected chi connectivity index (χ2v) is 3.30. The number of aliphatic imine (C=N–C) groups is 1. The lowest BCUT2D eigenvalue weighted by Gasteiger charge is -2.04. The fourth-order valence-electron chi connectivity index (χ4n) is 1.31. The zero-order chi connectivity index (χ0) is 11.3. The van der Waals surface area contributed by atoms with Crippen LogP contribution in [0.1, 0.15) is 22.8 Å². The predicted octanol–water partition coefficient (Wildman–Crippen LogP) is 2.28. The van der Waals surface area contributed by atoms with Gasteiger partial charge in [0.05, 0.1) is 0 Å². The van der Waals surface area contributed by atoms with Gasteiger partial charge in [-0.25, -0.2) is 4.79 Å². The third-order valence-corrected chi connectivity index (χ3v) is 1.89. The van der Waals surface area contributed by atoms with Gasteiger partial charge in [0.1, 0.15) is 0 Å². The summed E-state index contributed by atoms with van der Waals surface area (Å²) in [6, 6.07) is 7.03. The van der Waals surface area contributed by atoms with Gasteiger partial charge in [-0.1, -0.05) is 30.4 Å². The Balaban J connectivity index is 3.11. The minimum Gasteiger partial charge on any atom is -0.266 e. The predicted molar refractivity (Wildman–Crippen MR) is 57.4 cm³/mol. The van der Waals surface area contributed by atoms with Gasteiger partial charge in [-0.3, -0.25) is 4.79 Å². The van der Waals surface area contributed by atoms with Crippen LogP contribution in [0.3, 0.4) is 0 Å². The van der Waals surface area contributed by atoms with Crippen molar-refractivity contribution in [2.45, 2.75) is 13.3 Å². The van der Waals surface area contributed by atoms with Gasteiger partial charge in [-0.15, -0.1) is 4.99 Å². The fraction of sp³-hybridized carbons (Fsp3) is 0.167. The Morgan fingerprint density at radius 2 is 2.13 bits per heavy atom. The van der Waals surface area contributed by atoms with E-state index in [1.165, 1.54) is 6.08 Å². The minimum atomic E-state index is -0.554. The summed E-state index contributed by atoms with van der Waals surface area (Å²) in [4.78, 5) is 24.5. The average molecular weight is 201 g/mol. The summed E-state index contributed by atoms with van der Waals surface area (Å²) in [5.74, 6) is -0.554. The number of hydrogen-bond donors (Lipinski definition) is 0. The van der Waals surface area contributed by atoms with E-state index in [0.29, 0.717) is 12.0 Å². The number of benzene rings is 1. The standard InChI is InChI=1S/C12H11NO2/c1-9(2)7-10-5-3-4-6-11(10)12(15)13-8-14/h3-6H,1,7H2,2H3. The van der Waals surface area contributed by atoms with Crippen molar-refractivity contribution in [2.75, 3.05) is 0 Å². The molecule has 0 unspecified atom stereocenters. The first-order chi connectivity index (χ1) is 7.15. The van der Waals surface area contributed by atoms with Crippen LogP contribution in [0.25, 0.3) is 0 Å². The number of nitrogens with zero attached hydrogens (tertiary/aromatic N) is 1. The van der Waals surface area contributed by atoms with E-state index in [4.69, 9.17) is 0 Å². The molecule has 0 N–H and O–H groups in total. The van der Waals surface area contributed by atoms with Crippen LogP contribution < -0.4 is 0 Å². The Morgan fingerprint density at radius 1 is 1.47 bits per heavy atom. The van der Waals surface area contributed by atoms with E-state index in [-0.39, 0.29) is 0 Å². The number of rotatable bonds is 3. The molecule has 0 aliphatic heterocycles. The van der Waals surface area contributed by atoms with Crippen molar-refractivity contribution in [3.63, 3.8) is 0 Å². The highest BCUT2D eigenvalue weighted by atomic mass is 16.2. The molecule has 0 aliphatic carbocycles. The van der Waals surface area contributed by atoms with Gasteiger partial charge in [0.2, 0.25) is 6.08 Å². The Morgan fingerprint density at radius 3 is 2.73 bits per heavy atom. The number of carbonyl (C=O) groups excluding carboxylic acids is 2. The Bertz CT molecular complexity index is 443. The Kier molecular flexibility index (Phi) is 3.72. The van der Waals surface area contributed by atoms with Gasteiger partial charge in [0.25, 0.3) is 5.91 Å². The van der Waals surface area contributed by atoms with Gasteiger partial charge in [0.15, 0.2) is 0 Å². The Hall–Kier alpha value is -1.99. The number of amides is 1. The van der Waals surface area contributed by atoms with Crippen LogP contribution in [0.15, 0.2) is 41.4 Å². The van der Waals surface area contributed by atoms with Gasteiger partial charge in [-0.2, -0.15) is 0 Å². The molecule has 0 fully saturated rings. The fourth-order valence-corrected chi connectivity index (χ4v) is 1.31. The first-order valence-corrected chi connectivity index (χ1v) is 4.49. The van der Waals surface area contributed by atoms with Crippen LogP contribution in [-0.4, -0.2) is 12.0 Å². The lowest BCUT2D eigenvalue weighted by atomic mass is 10.0. The summed E-state index contributed by atoms with van der Waals surface area (Å²) >= 11 is 0. The van der Waals surface area contributed by atoms with Crippen molar-refractivity contribution in [1.29, 1.82) is 0 Å². The molecule has 0 radical (unpaired) electrons. The van der Waals surface area contributed by atoms with Crippen molar-refractivity contribution in [1.82, 2.24) is 0 Å². The molecule has 0 aromatic heterocycles. The molecular formula is C12H11NO2. The zero-order valence-electron chi connectivity index (χ0n) is 8.49. The lowest BCUT2D eigenvalue weighted by molar-refractivity contribution is 0.100. The molecule has 0 atom stereocenters. The summed E-state index contributed by atoms with van der Waals surface area (Å²) in [5.41, 5.74) is 2.21. The summed E-state index contributed by atoms with van der Waals surface area (Å²) in [7, 11) is 0. The van der Waals surface area contributed by atoms with E-state index < -0.39 is 5.91 Å². The minimum absolute atomic E-state index is 0.434. The molecule has 0 aliphatic rings. The van der Waals surface area contributed by atoms with Gasteiger partial charge < -0.3 is 0 Å². The maximum absolute atomic E-state index is 11.4. The van der Waals surface area contributed by atoms with Gasteiger partial charge in [0, 0.05) is 5.56 Å². The molecule has 0 bridgehead atoms. The molecule has 1 aromatic carbocycles. The summed E-state index contributed by atoms with van der Waals surface area (Å²) in [5, 5.41) is 0. The van der Waals surface area contributed by atoms with Crippen molar-refractivity contribution in [3.05, 3.63) is 47.5 Å². The van der Waals surface area contributed by atoms with Crippen LogP contribution in [0.2, 0.25) is 0 Å². The number of carbonyl (C=O) groups is 1. The highest BCUT2D eigenvalue weighted by Gasteiger charge is 2.09. The van der Waals surface area contributed by atoms with Crippen molar-refractivity contribution < 1.29 is 9.59 Å². The van der Waals surface area contributed by atoms with Crippen molar-refractivity contribution in [2.24, 2.45) is 4.99 Å². The molecule has 1 rings (SSSR count). The van der Waals surface area contributed by atoms with Gasteiger partial charge >= 0.3 is 0 Å². The van der Waals surface area contributed by atoms with Crippen LogP contribution in [0.5, 0.6) is 0 Å². The maximum Gasteiger partial charge on any atom is 0.288 e. The van der Waals surface area contributed by atoms with Crippen LogP contribution in [0.4, 0.5) is 0 Å². The normalized spacial score (nSPS) is 9.13. The molecule has 3 nitrogen and oxygen atoms in total. The van der Waals surface area contributed by atoms with Gasteiger partial charge in [-0.05, 0) is 25.0 Å². The lowest BCUT2D eigenvalue weighted by Crippen LogP contribution is -2.01. The molecule has 0 saturated carbocycles. The molecule has 15 heavy (non-hydrogen) atoms. The third-order valence-electron chi connectivity index (χ3n) is 1.89. The summed E-state index contributed by atoms with van der Waals surface area (Å²) in [6.45, 7) is 5.66. The summed E-state index contributed by atoms with van der Waals surface area (Å²) in [6.07, 6.45) is 1.86. The maximum atomic E-state index is 11.4. The number of hydrogen-bond acceptors (Lipinski definition) is 2. The molecule has 0 heterocycles. The smallest absolute Gasteiger partial charge is 0.266 e. The first-order valence-electron chi connectivity index (χ1n) is 4.49. The number of allylic oxidation sites excluding steroid dienone is 1. The molecule has 0 saturated heterocycles. The topological polar surface area (TPSA) is 46.5 Å². The average Bonchev–Trinajstić information content (AvgIpc) is 2.18. The van der Waals surface area contributed by atoms with Crippen molar-refractivity contribution in [3.8, 4) is 0 Å². The number of isocyanates is 1. The molecule has 76 valence electrons. The monoisotopic (exact) mass is 201 g/mol. The zero-order valence-corrected chi connectivity index (χ0v) is 8.49. The third kappa shape index (κ3) is 3.01. The second-order valence-electron chi connectivity index (χ2n) is 3.30. The van der Waals surface area contributed by atoms with Crippen molar-refractivity contribution >= 4 is 12.0 Å². The van der Waals surface area contributed by atoms with E-state index in [1.54, 1.807) is 12.1 Å². The highest BCUT2D eigenvalue weighted by Crippen LogP contribution is 2.13. The largest absolute Gasteiger partial charge is 0.288 e. The van der Waals surface area contributed by atoms with E-state index in [2.05, 4.69) is 11.6 Å². The quantitative estimate of drug-likeness (QED) is 0.428. The molecule has 1 aromatic rings. The highest BCUT2D eigenvalue weighted by molar-refractivity contribution is 5.98. The molecule has 0 spiro atoms. The Labute approximate surface area is 88.1 Å². The molecule has 3 heteroatoms. The summed E-state index contributed by atoms with van der Waals surface area (Å²) < 4.78 is 0. The second kappa shape index (κ2) is 5.03. The SMILES string of the molecule is C=C(C)Cc1ccccc1C(=O)N=C=O. The van der Waals surface area contributed by atoms with E-state index >= 15 is 0 Å². The van der Waals surface area contributed by atoms with E-state index in [9.17, 15) is 9.59 Å². The van der Waals surface area contributed by atoms with E-state index in [1.807, 2.05) is 19.1 Å². The van der Waals surface area contributed by atoms with E-state index in [0.717, 1.165) is 11.1 Å². The first kappa shape index (κ1) is 11.1. The van der Waals surface area contributed by atoms with Crippen LogP contribution in [0, 0.1) is 0 Å². The van der Waals surface area contributed by atoms with Crippen LogP contribution >= 0.6 is 0 Å². The molecular weight excluding hydrogens is 190 g/mol.